The van der Waals surface area contributed by atoms with Crippen LogP contribution in [0.2, 0.25) is 0 Å². The van der Waals surface area contributed by atoms with Gasteiger partial charge in [-0.25, -0.2) is 4.48 Å². The molecule has 0 radical (unpaired) electrons. The molecule has 7 heteroatoms. The minimum Gasteiger partial charge on any atom is -0.364 e. The Morgan fingerprint density at radius 2 is 2.35 bits per heavy atom. The summed E-state index contributed by atoms with van der Waals surface area (Å²) in [5.41, 5.74) is 7.47. The summed E-state index contributed by atoms with van der Waals surface area (Å²) in [7, 11) is 1.93. The number of primary amides is 1. The second kappa shape index (κ2) is 5.62. The van der Waals surface area contributed by atoms with Crippen molar-refractivity contribution in [3.05, 3.63) is 22.7 Å². The van der Waals surface area contributed by atoms with E-state index in [4.69, 9.17) is 10.7 Å². The summed E-state index contributed by atoms with van der Waals surface area (Å²) in [5, 5.41) is 9.40. The Labute approximate surface area is 143 Å². The van der Waals surface area contributed by atoms with Gasteiger partial charge >= 0.3 is 5.95 Å². The van der Waals surface area contributed by atoms with Gasteiger partial charge in [0, 0.05) is 23.9 Å². The molecule has 3 rings (SSSR count). The van der Waals surface area contributed by atoms with Crippen LogP contribution in [0.3, 0.4) is 0 Å². The lowest BCUT2D eigenvalue weighted by Gasteiger charge is -2.34. The highest BCUT2D eigenvalue weighted by atomic mass is 79.9. The molecule has 6 nitrogen and oxygen atoms in total. The zero-order valence-electron chi connectivity index (χ0n) is 13.2. The van der Waals surface area contributed by atoms with Crippen molar-refractivity contribution in [3.8, 4) is 6.07 Å². The molecule has 1 aliphatic rings. The molecule has 0 spiro atoms. The summed E-state index contributed by atoms with van der Waals surface area (Å²) in [4.78, 5) is 16.8. The molecule has 3 atom stereocenters. The van der Waals surface area contributed by atoms with E-state index in [1.165, 1.54) is 0 Å². The van der Waals surface area contributed by atoms with Gasteiger partial charge in [0.05, 0.1) is 12.1 Å². The summed E-state index contributed by atoms with van der Waals surface area (Å²) < 4.78 is 3.09. The third-order valence-electron chi connectivity index (χ3n) is 4.78. The highest BCUT2D eigenvalue weighted by molar-refractivity contribution is 9.10. The van der Waals surface area contributed by atoms with Crippen molar-refractivity contribution in [1.82, 2.24) is 14.0 Å². The Kier molecular flexibility index (Phi) is 3.90. The smallest absolute Gasteiger partial charge is 0.311 e. The Balaban J connectivity index is 2.27. The van der Waals surface area contributed by atoms with Crippen LogP contribution in [0.5, 0.6) is 0 Å². The monoisotopic (exact) mass is 376 g/mol. The molecule has 1 amide bonds. The van der Waals surface area contributed by atoms with Gasteiger partial charge in [0.25, 0.3) is 5.91 Å². The van der Waals surface area contributed by atoms with Gasteiger partial charge in [-0.15, -0.1) is 0 Å². The van der Waals surface area contributed by atoms with Gasteiger partial charge in [0.1, 0.15) is 11.6 Å². The van der Waals surface area contributed by atoms with E-state index in [-0.39, 0.29) is 16.9 Å². The predicted molar refractivity (Wildman–Crippen MR) is 92.3 cm³/mol. The summed E-state index contributed by atoms with van der Waals surface area (Å²) in [6.45, 7) is 2.97. The number of nitriles is 1. The fraction of sp³-hybridized carbons (Fsp3) is 0.438. The van der Waals surface area contributed by atoms with Crippen molar-refractivity contribution in [2.45, 2.75) is 19.4 Å². The molecule has 1 aromatic heterocycles. The third-order valence-corrected chi connectivity index (χ3v) is 5.42. The first-order valence-corrected chi connectivity index (χ1v) is 8.34. The van der Waals surface area contributed by atoms with Crippen LogP contribution in [0, 0.1) is 17.2 Å². The lowest BCUT2D eigenvalue weighted by Crippen LogP contribution is -2.59. The van der Waals surface area contributed by atoms with Crippen LogP contribution in [0.1, 0.15) is 13.3 Å². The van der Waals surface area contributed by atoms with E-state index in [0.29, 0.717) is 18.9 Å². The van der Waals surface area contributed by atoms with Crippen molar-refractivity contribution >= 4 is 38.8 Å². The molecule has 1 unspecified atom stereocenters. The maximum Gasteiger partial charge on any atom is 0.311 e. The van der Waals surface area contributed by atoms with E-state index in [1.807, 2.05) is 29.8 Å². The number of nitrogens with zero attached hydrogens (tertiary/aromatic N) is 4. The molecule has 0 saturated carbocycles. The van der Waals surface area contributed by atoms with Gasteiger partial charge in [-0.2, -0.15) is 10.2 Å². The maximum atomic E-state index is 12.1. The van der Waals surface area contributed by atoms with Crippen molar-refractivity contribution < 1.29 is 4.79 Å². The molecule has 23 heavy (non-hydrogen) atoms. The quantitative estimate of drug-likeness (QED) is 0.656. The number of rotatable bonds is 3. The number of hydrogen-bond donors (Lipinski definition) is 1. The summed E-state index contributed by atoms with van der Waals surface area (Å²) in [6, 6.07) is 7.69. The molecule has 1 fully saturated rings. The number of fused-ring (bicyclic) bond motifs is 1. The Hall–Kier alpha value is -1.91. The normalized spacial score (nSPS) is 27.2. The average molecular weight is 377 g/mol. The average Bonchev–Trinajstić information content (AvgIpc) is 3.00. The minimum atomic E-state index is -0.418. The lowest BCUT2D eigenvalue weighted by atomic mass is 10.1. The second-order valence-electron chi connectivity index (χ2n) is 6.37. The van der Waals surface area contributed by atoms with E-state index in [9.17, 15) is 10.1 Å². The highest BCUT2D eigenvalue weighted by Gasteiger charge is 2.52. The molecular formula is C16H19BrN5O+. The van der Waals surface area contributed by atoms with E-state index in [0.717, 1.165) is 21.5 Å². The number of para-hydroxylation sites is 1. The Bertz CT molecular complexity index is 824. The first-order valence-electron chi connectivity index (χ1n) is 7.55. The van der Waals surface area contributed by atoms with Crippen LogP contribution in [0.4, 0.5) is 5.95 Å². The molecular weight excluding hydrogens is 358 g/mol. The van der Waals surface area contributed by atoms with Crippen LogP contribution >= 0.6 is 15.9 Å². The van der Waals surface area contributed by atoms with Crippen LogP contribution < -0.4 is 10.2 Å². The van der Waals surface area contributed by atoms with Crippen molar-refractivity contribution in [3.63, 3.8) is 0 Å². The fourth-order valence-electron chi connectivity index (χ4n) is 3.86. The number of carbonyl (C=O) groups excluding carboxylic acids is 1. The molecule has 2 heterocycles. The Morgan fingerprint density at radius 3 is 2.96 bits per heavy atom. The number of aryl methyl sites for hydroxylation is 1. The largest absolute Gasteiger partial charge is 0.364 e. The van der Waals surface area contributed by atoms with Crippen molar-refractivity contribution in [1.29, 1.82) is 5.26 Å². The van der Waals surface area contributed by atoms with Gasteiger partial charge in [0.2, 0.25) is 0 Å². The highest BCUT2D eigenvalue weighted by Crippen LogP contribution is 2.38. The molecule has 1 saturated heterocycles. The lowest BCUT2D eigenvalue weighted by molar-refractivity contribution is -0.122. The molecule has 2 aromatic rings. The first kappa shape index (κ1) is 16.0. The molecule has 1 aromatic carbocycles. The zero-order valence-corrected chi connectivity index (χ0v) is 14.7. The van der Waals surface area contributed by atoms with Gasteiger partial charge < -0.3 is 5.73 Å². The zero-order chi connectivity index (χ0) is 16.8. The van der Waals surface area contributed by atoms with Crippen LogP contribution in [-0.4, -0.2) is 34.6 Å². The third kappa shape index (κ3) is 2.33. The summed E-state index contributed by atoms with van der Waals surface area (Å²) in [5.74, 6) is 0.668. The number of halogens is 1. The van der Waals surface area contributed by atoms with Crippen LogP contribution in [0.25, 0.3) is 11.0 Å². The number of imidazole rings is 1. The molecule has 2 N–H and O–H groups in total. The van der Waals surface area contributed by atoms with Crippen LogP contribution in [0.15, 0.2) is 22.7 Å². The Morgan fingerprint density at radius 1 is 1.61 bits per heavy atom. The molecule has 120 valence electrons. The van der Waals surface area contributed by atoms with Gasteiger partial charge in [-0.05, 0) is 28.1 Å². The van der Waals surface area contributed by atoms with E-state index >= 15 is 0 Å². The number of quaternary nitrogens is 1. The standard InChI is InChI=1S/C16H18BrN5O/c1-10-8-13(15(19)23)22(9-10,7-6-18)16-20-14-11(17)4-3-5-12(14)21(16)2/h3-5,10,13H,7-9H2,1-2H3,(H-,19,23)/p+1/t10-,13-,22?/m0/s1. The number of likely N-dealkylation sites (tertiary alicyclic amines) is 1. The number of hydrogen-bond acceptors (Lipinski definition) is 3. The van der Waals surface area contributed by atoms with Crippen LogP contribution in [-0.2, 0) is 11.8 Å². The van der Waals surface area contributed by atoms with Gasteiger partial charge in [-0.3, -0.25) is 9.36 Å². The fourth-order valence-corrected chi connectivity index (χ4v) is 4.30. The number of carbonyl (C=O) groups is 1. The number of nitrogens with two attached hydrogens (primary N) is 1. The summed E-state index contributed by atoms with van der Waals surface area (Å²) in [6.07, 6.45) is 0.682. The van der Waals surface area contributed by atoms with Gasteiger partial charge in [-0.1, -0.05) is 13.0 Å². The predicted octanol–water partition coefficient (Wildman–Crippen LogP) is 2.06. The van der Waals surface area contributed by atoms with Gasteiger partial charge in [0.15, 0.2) is 12.6 Å². The van der Waals surface area contributed by atoms with E-state index < -0.39 is 6.04 Å². The SMILES string of the molecule is C[C@H]1C[C@@H](C(N)=O)[N+](CC#N)(c2nc3c(Br)cccc3n2C)C1. The second-order valence-corrected chi connectivity index (χ2v) is 7.22. The topological polar surface area (TPSA) is 84.7 Å². The molecule has 1 aliphatic heterocycles. The maximum absolute atomic E-state index is 12.1. The minimum absolute atomic E-state index is 0.187. The summed E-state index contributed by atoms with van der Waals surface area (Å²) >= 11 is 3.53. The number of amides is 1. The number of benzene rings is 1. The van der Waals surface area contributed by atoms with Crippen molar-refractivity contribution in [2.75, 3.05) is 13.1 Å². The molecule has 0 bridgehead atoms. The molecule has 0 aliphatic carbocycles. The first-order chi connectivity index (χ1) is 10.9. The van der Waals surface area contributed by atoms with E-state index in [2.05, 4.69) is 28.9 Å². The van der Waals surface area contributed by atoms with Crippen molar-refractivity contribution in [2.24, 2.45) is 18.7 Å². The van der Waals surface area contributed by atoms with E-state index in [1.54, 1.807) is 0 Å². The number of aromatic nitrogens is 2.